The van der Waals surface area contributed by atoms with Crippen molar-refractivity contribution in [3.05, 3.63) is 88.4 Å². The third-order valence-electron chi connectivity index (χ3n) is 4.39. The Kier molecular flexibility index (Phi) is 7.90. The summed E-state index contributed by atoms with van der Waals surface area (Å²) < 4.78 is 16.2. The summed E-state index contributed by atoms with van der Waals surface area (Å²) in [6, 6.07) is 20.3. The number of hydrogen-bond donors (Lipinski definition) is 1. The molecule has 0 fully saturated rings. The molecule has 31 heavy (non-hydrogen) atoms. The number of methoxy groups -OCH3 is 2. The van der Waals surface area contributed by atoms with Crippen LogP contribution in [-0.4, -0.2) is 26.3 Å². The zero-order valence-electron chi connectivity index (χ0n) is 17.3. The van der Waals surface area contributed by atoms with Crippen molar-refractivity contribution < 1.29 is 19.0 Å². The zero-order valence-corrected chi connectivity index (χ0v) is 18.1. The number of nitrogens with one attached hydrogen (secondary N) is 1. The first-order valence-corrected chi connectivity index (χ1v) is 9.95. The van der Waals surface area contributed by atoms with Crippen molar-refractivity contribution >= 4 is 23.7 Å². The van der Waals surface area contributed by atoms with Gasteiger partial charge in [-0.25, -0.2) is 5.43 Å². The Labute approximate surface area is 186 Å². The van der Waals surface area contributed by atoms with E-state index in [1.54, 1.807) is 32.6 Å². The number of rotatable bonds is 9. The first-order chi connectivity index (χ1) is 15.1. The molecule has 1 N–H and O–H groups in total. The third-order valence-corrected chi connectivity index (χ3v) is 4.63. The van der Waals surface area contributed by atoms with Crippen molar-refractivity contribution in [2.45, 2.75) is 13.0 Å². The molecule has 0 atom stereocenters. The van der Waals surface area contributed by atoms with Crippen molar-refractivity contribution in [2.24, 2.45) is 5.10 Å². The van der Waals surface area contributed by atoms with Crippen LogP contribution in [0.4, 0.5) is 0 Å². The van der Waals surface area contributed by atoms with Gasteiger partial charge in [-0.1, -0.05) is 29.8 Å². The molecule has 3 aromatic rings. The van der Waals surface area contributed by atoms with Gasteiger partial charge in [-0.15, -0.1) is 0 Å². The van der Waals surface area contributed by atoms with Gasteiger partial charge in [-0.05, 0) is 65.2 Å². The van der Waals surface area contributed by atoms with Crippen molar-refractivity contribution in [3.63, 3.8) is 0 Å². The molecule has 1 amide bonds. The van der Waals surface area contributed by atoms with E-state index in [-0.39, 0.29) is 12.3 Å². The van der Waals surface area contributed by atoms with Gasteiger partial charge < -0.3 is 14.2 Å². The zero-order chi connectivity index (χ0) is 22.1. The largest absolute Gasteiger partial charge is 0.493 e. The van der Waals surface area contributed by atoms with E-state index in [2.05, 4.69) is 10.5 Å². The monoisotopic (exact) mass is 438 g/mol. The third kappa shape index (κ3) is 6.76. The molecule has 0 aliphatic carbocycles. The minimum absolute atomic E-state index is 0.175. The second-order valence-corrected chi connectivity index (χ2v) is 7.08. The summed E-state index contributed by atoms with van der Waals surface area (Å²) in [5.41, 5.74) is 5.16. The van der Waals surface area contributed by atoms with E-state index in [1.807, 2.05) is 54.6 Å². The molecule has 0 saturated heterocycles. The first-order valence-electron chi connectivity index (χ1n) is 9.57. The molecular weight excluding hydrogens is 416 g/mol. The second-order valence-electron chi connectivity index (χ2n) is 6.65. The lowest BCUT2D eigenvalue weighted by molar-refractivity contribution is -0.120. The lowest BCUT2D eigenvalue weighted by Crippen LogP contribution is -2.19. The minimum atomic E-state index is -0.232. The Morgan fingerprint density at radius 1 is 0.968 bits per heavy atom. The van der Waals surface area contributed by atoms with E-state index in [9.17, 15) is 4.79 Å². The minimum Gasteiger partial charge on any atom is -0.493 e. The average molecular weight is 439 g/mol. The fraction of sp³-hybridized carbons (Fsp3) is 0.167. The van der Waals surface area contributed by atoms with Crippen LogP contribution in [0.3, 0.4) is 0 Å². The Morgan fingerprint density at radius 3 is 2.45 bits per heavy atom. The molecule has 0 aromatic heterocycles. The molecule has 0 heterocycles. The van der Waals surface area contributed by atoms with Crippen molar-refractivity contribution in [2.75, 3.05) is 14.2 Å². The van der Waals surface area contributed by atoms with E-state index in [4.69, 9.17) is 25.8 Å². The number of hydrazone groups is 1. The van der Waals surface area contributed by atoms with Gasteiger partial charge in [-0.3, -0.25) is 4.79 Å². The molecule has 3 rings (SSSR count). The molecule has 6 nitrogen and oxygen atoms in total. The van der Waals surface area contributed by atoms with Crippen molar-refractivity contribution in [1.82, 2.24) is 5.43 Å². The molecule has 0 aliphatic heterocycles. The van der Waals surface area contributed by atoms with E-state index < -0.39 is 0 Å². The van der Waals surface area contributed by atoms with Crippen LogP contribution in [-0.2, 0) is 17.8 Å². The Morgan fingerprint density at radius 2 is 1.74 bits per heavy atom. The van der Waals surface area contributed by atoms with Gasteiger partial charge in [0.05, 0.1) is 26.9 Å². The number of carbonyl (C=O) groups excluding carboxylic acids is 1. The molecule has 0 spiro atoms. The molecule has 0 bridgehead atoms. The molecule has 0 aliphatic rings. The van der Waals surface area contributed by atoms with Gasteiger partial charge in [-0.2, -0.15) is 5.10 Å². The maximum absolute atomic E-state index is 12.1. The number of nitrogens with zero attached hydrogens (tertiary/aromatic N) is 1. The molecule has 0 radical (unpaired) electrons. The fourth-order valence-corrected chi connectivity index (χ4v) is 3.05. The summed E-state index contributed by atoms with van der Waals surface area (Å²) in [5, 5.41) is 4.69. The molecule has 160 valence electrons. The summed E-state index contributed by atoms with van der Waals surface area (Å²) in [6.45, 7) is 0.431. The maximum atomic E-state index is 12.1. The highest BCUT2D eigenvalue weighted by atomic mass is 35.5. The van der Waals surface area contributed by atoms with Crippen LogP contribution >= 0.6 is 11.6 Å². The molecule has 0 unspecified atom stereocenters. The van der Waals surface area contributed by atoms with Crippen molar-refractivity contribution in [3.8, 4) is 17.2 Å². The number of carbonyl (C=O) groups is 1. The number of amides is 1. The fourth-order valence-electron chi connectivity index (χ4n) is 2.84. The van der Waals surface area contributed by atoms with E-state index in [0.717, 1.165) is 22.4 Å². The normalized spacial score (nSPS) is 10.7. The average Bonchev–Trinajstić information content (AvgIpc) is 2.78. The van der Waals surface area contributed by atoms with Crippen molar-refractivity contribution in [1.29, 1.82) is 0 Å². The summed E-state index contributed by atoms with van der Waals surface area (Å²) in [5.74, 6) is 1.69. The smallest absolute Gasteiger partial charge is 0.244 e. The van der Waals surface area contributed by atoms with E-state index in [0.29, 0.717) is 23.1 Å². The van der Waals surface area contributed by atoms with Gasteiger partial charge in [0.25, 0.3) is 0 Å². The molecular formula is C24H23ClN2O4. The van der Waals surface area contributed by atoms with Gasteiger partial charge in [0.15, 0.2) is 11.5 Å². The lowest BCUT2D eigenvalue weighted by atomic mass is 10.1. The topological polar surface area (TPSA) is 69.2 Å². The van der Waals surface area contributed by atoms with Gasteiger partial charge >= 0.3 is 0 Å². The van der Waals surface area contributed by atoms with Crippen LogP contribution in [0, 0.1) is 0 Å². The second kappa shape index (κ2) is 11.0. The highest BCUT2D eigenvalue weighted by molar-refractivity contribution is 6.30. The van der Waals surface area contributed by atoms with Gasteiger partial charge in [0.2, 0.25) is 5.91 Å². The molecule has 7 heteroatoms. The first kappa shape index (κ1) is 22.2. The Hall–Kier alpha value is -3.51. The van der Waals surface area contributed by atoms with Gasteiger partial charge in [0.1, 0.15) is 12.4 Å². The number of hydrogen-bond acceptors (Lipinski definition) is 5. The lowest BCUT2D eigenvalue weighted by Gasteiger charge is -2.09. The quantitative estimate of drug-likeness (QED) is 0.390. The van der Waals surface area contributed by atoms with Crippen LogP contribution in [0.15, 0.2) is 71.8 Å². The maximum Gasteiger partial charge on any atom is 0.244 e. The summed E-state index contributed by atoms with van der Waals surface area (Å²) >= 11 is 5.98. The predicted molar refractivity (Wildman–Crippen MR) is 121 cm³/mol. The highest BCUT2D eigenvalue weighted by Gasteiger charge is 2.08. The summed E-state index contributed by atoms with van der Waals surface area (Å²) in [7, 11) is 3.12. The Bertz CT molecular complexity index is 1050. The van der Waals surface area contributed by atoms with Crippen LogP contribution in [0.1, 0.15) is 16.7 Å². The molecule has 3 aromatic carbocycles. The summed E-state index contributed by atoms with van der Waals surface area (Å²) in [6.07, 6.45) is 1.75. The van der Waals surface area contributed by atoms with E-state index in [1.165, 1.54) is 0 Å². The molecule has 0 saturated carbocycles. The van der Waals surface area contributed by atoms with Crippen LogP contribution < -0.4 is 19.6 Å². The number of ether oxygens (including phenoxy) is 3. The number of halogens is 1. The van der Waals surface area contributed by atoms with Gasteiger partial charge in [0, 0.05) is 5.02 Å². The standard InChI is InChI=1S/C24H23ClN2O4/c1-29-22-11-8-18(13-23(22)30-2)14-24(28)27-26-15-17-6-9-21(10-7-17)31-16-19-4-3-5-20(25)12-19/h3-13,15H,14,16H2,1-2H3,(H,27,28)/b26-15-. The van der Waals surface area contributed by atoms with Crippen LogP contribution in [0.5, 0.6) is 17.2 Å². The predicted octanol–water partition coefficient (Wildman–Crippen LogP) is 4.63. The Balaban J connectivity index is 1.48. The SMILES string of the molecule is COc1ccc(CC(=O)N/N=C\c2ccc(OCc3cccc(Cl)c3)cc2)cc1OC. The summed E-state index contributed by atoms with van der Waals surface area (Å²) in [4.78, 5) is 12.1. The highest BCUT2D eigenvalue weighted by Crippen LogP contribution is 2.27. The van der Waals surface area contributed by atoms with E-state index >= 15 is 0 Å². The van der Waals surface area contributed by atoms with Crippen LogP contribution in [0.25, 0.3) is 0 Å². The number of benzene rings is 3. The van der Waals surface area contributed by atoms with Crippen LogP contribution in [0.2, 0.25) is 5.02 Å².